The van der Waals surface area contributed by atoms with Gasteiger partial charge in [-0.1, -0.05) is 96.3 Å². The molecule has 0 bridgehead atoms. The molecule has 47 heavy (non-hydrogen) atoms. The molecule has 9 fully saturated rings. The molecule has 3 N–H and O–H groups in total. The minimum Gasteiger partial charge on any atom is -0.374 e. The molecule has 9 aliphatic rings. The summed E-state index contributed by atoms with van der Waals surface area (Å²) in [6.07, 6.45) is 42.5. The zero-order valence-corrected chi connectivity index (χ0v) is 30.2. The standard InChI is InChI=1S/C43H73N3O/c1-4-12-28(13-5-1)29-20-22-32(23-21-29)42-44-41(31-16-8-3-9-17-31)45-43(46-42)33-24-25-35-38-27-37(30-14-6-2-7-15-30)34-18-10-11-19-36(34)40(38)47-39(35)26-33/h28-46H,1-27H2. The maximum atomic E-state index is 7.38. The zero-order valence-electron chi connectivity index (χ0n) is 30.2. The van der Waals surface area contributed by atoms with Crippen molar-refractivity contribution < 1.29 is 4.74 Å². The molecule has 0 aromatic carbocycles. The van der Waals surface area contributed by atoms with E-state index in [0.29, 0.717) is 30.7 Å². The molecule has 2 saturated heterocycles. The summed E-state index contributed by atoms with van der Waals surface area (Å²) in [6.45, 7) is 0. The molecule has 0 amide bonds. The van der Waals surface area contributed by atoms with Gasteiger partial charge in [0.05, 0.1) is 30.7 Å². The Labute approximate surface area is 289 Å². The Morgan fingerprint density at radius 1 is 0.298 bits per heavy atom. The van der Waals surface area contributed by atoms with Gasteiger partial charge in [-0.2, -0.15) is 0 Å². The van der Waals surface area contributed by atoms with E-state index < -0.39 is 0 Å². The Morgan fingerprint density at radius 3 is 1.43 bits per heavy atom. The SMILES string of the molecule is C1CCC(C2CCC(C3NC(C4CCCCC4)NC(C4CCC5C(C4)OC4C5CC(C5CCCCC5)C5CCCCC54)N3)CC2)CC1. The number of rotatable bonds is 5. The molecule has 9 rings (SSSR count). The maximum absolute atomic E-state index is 7.38. The molecule has 0 aromatic heterocycles. The molecule has 11 unspecified atom stereocenters. The van der Waals surface area contributed by atoms with Crippen LogP contribution in [0, 0.1) is 65.1 Å². The fourth-order valence-electron chi connectivity index (χ4n) is 14.7. The van der Waals surface area contributed by atoms with Gasteiger partial charge in [-0.3, -0.25) is 16.0 Å². The van der Waals surface area contributed by atoms with E-state index in [0.717, 1.165) is 65.1 Å². The molecule has 2 heterocycles. The van der Waals surface area contributed by atoms with Crippen molar-refractivity contribution in [2.24, 2.45) is 65.1 Å². The predicted molar refractivity (Wildman–Crippen MR) is 192 cm³/mol. The van der Waals surface area contributed by atoms with E-state index in [4.69, 9.17) is 4.74 Å². The lowest BCUT2D eigenvalue weighted by molar-refractivity contribution is -0.0890. The lowest BCUT2D eigenvalue weighted by Crippen LogP contribution is -2.72. The van der Waals surface area contributed by atoms with Gasteiger partial charge in [0.2, 0.25) is 0 Å². The maximum Gasteiger partial charge on any atom is 0.0641 e. The Hall–Kier alpha value is -0.160. The van der Waals surface area contributed by atoms with Gasteiger partial charge in [-0.25, -0.2) is 0 Å². The van der Waals surface area contributed by atoms with Gasteiger partial charge in [0.15, 0.2) is 0 Å². The Bertz CT molecular complexity index is 993. The molecule has 0 aromatic rings. The van der Waals surface area contributed by atoms with Crippen LogP contribution < -0.4 is 16.0 Å². The second-order valence-electron chi connectivity index (χ2n) is 19.4. The fraction of sp³-hybridized carbons (Fsp3) is 1.00. The van der Waals surface area contributed by atoms with Crippen molar-refractivity contribution >= 4 is 0 Å². The van der Waals surface area contributed by atoms with E-state index in [9.17, 15) is 0 Å². The summed E-state index contributed by atoms with van der Waals surface area (Å²) in [5.41, 5.74) is 0. The monoisotopic (exact) mass is 648 g/mol. The fourth-order valence-corrected chi connectivity index (χ4v) is 14.7. The van der Waals surface area contributed by atoms with Crippen LogP contribution >= 0.6 is 0 Å². The van der Waals surface area contributed by atoms with Crippen LogP contribution in [0.2, 0.25) is 0 Å². The van der Waals surface area contributed by atoms with E-state index in [1.165, 1.54) is 161 Å². The highest BCUT2D eigenvalue weighted by Gasteiger charge is 2.57. The van der Waals surface area contributed by atoms with Crippen LogP contribution in [0.5, 0.6) is 0 Å². The third kappa shape index (κ3) is 6.80. The van der Waals surface area contributed by atoms with Gasteiger partial charge >= 0.3 is 0 Å². The van der Waals surface area contributed by atoms with Crippen molar-refractivity contribution in [1.29, 1.82) is 0 Å². The third-order valence-corrected chi connectivity index (χ3v) is 17.1. The lowest BCUT2D eigenvalue weighted by atomic mass is 9.54. The summed E-state index contributed by atoms with van der Waals surface area (Å²) in [5, 5.41) is 12.9. The second kappa shape index (κ2) is 14.8. The molecule has 4 heteroatoms. The lowest BCUT2D eigenvalue weighted by Gasteiger charge is -2.51. The summed E-state index contributed by atoms with van der Waals surface area (Å²) >= 11 is 0. The first-order valence-corrected chi connectivity index (χ1v) is 22.2. The highest BCUT2D eigenvalue weighted by atomic mass is 16.5. The molecule has 2 aliphatic heterocycles. The normalized spacial score (nSPS) is 49.1. The van der Waals surface area contributed by atoms with Gasteiger partial charge in [0.1, 0.15) is 0 Å². The molecule has 7 saturated carbocycles. The van der Waals surface area contributed by atoms with Crippen molar-refractivity contribution in [3.8, 4) is 0 Å². The van der Waals surface area contributed by atoms with E-state index in [2.05, 4.69) is 16.0 Å². The summed E-state index contributed by atoms with van der Waals surface area (Å²) < 4.78 is 7.38. The van der Waals surface area contributed by atoms with Crippen LogP contribution in [0.25, 0.3) is 0 Å². The summed E-state index contributed by atoms with van der Waals surface area (Å²) in [4.78, 5) is 0. The average molecular weight is 648 g/mol. The van der Waals surface area contributed by atoms with E-state index >= 15 is 0 Å². The second-order valence-corrected chi connectivity index (χ2v) is 19.4. The van der Waals surface area contributed by atoms with Gasteiger partial charge in [-0.15, -0.1) is 0 Å². The molecule has 0 radical (unpaired) electrons. The Morgan fingerprint density at radius 2 is 0.766 bits per heavy atom. The van der Waals surface area contributed by atoms with Gasteiger partial charge in [0, 0.05) is 0 Å². The van der Waals surface area contributed by atoms with E-state index in [1.54, 1.807) is 12.8 Å². The van der Waals surface area contributed by atoms with Crippen LogP contribution in [0.1, 0.15) is 173 Å². The summed E-state index contributed by atoms with van der Waals surface area (Å²) in [5.74, 6) is 10.1. The average Bonchev–Trinajstić information content (AvgIpc) is 3.53. The number of fused-ring (bicyclic) bond motifs is 5. The molecule has 4 nitrogen and oxygen atoms in total. The molecular formula is C43H73N3O. The summed E-state index contributed by atoms with van der Waals surface area (Å²) in [7, 11) is 0. The van der Waals surface area contributed by atoms with Gasteiger partial charge < -0.3 is 4.74 Å². The van der Waals surface area contributed by atoms with Crippen LogP contribution in [-0.4, -0.2) is 30.7 Å². The molecular weight excluding hydrogens is 574 g/mol. The highest BCUT2D eigenvalue weighted by Crippen LogP contribution is 2.59. The highest BCUT2D eigenvalue weighted by molar-refractivity contribution is 5.06. The largest absolute Gasteiger partial charge is 0.374 e. The number of hydrogen-bond donors (Lipinski definition) is 3. The van der Waals surface area contributed by atoms with Crippen LogP contribution in [0.4, 0.5) is 0 Å². The Balaban J connectivity index is 0.876. The van der Waals surface area contributed by atoms with Crippen molar-refractivity contribution in [2.75, 3.05) is 0 Å². The minimum atomic E-state index is 0.467. The third-order valence-electron chi connectivity index (χ3n) is 17.1. The quantitative estimate of drug-likeness (QED) is 0.278. The smallest absolute Gasteiger partial charge is 0.0641 e. The van der Waals surface area contributed by atoms with Crippen LogP contribution in [0.15, 0.2) is 0 Å². The van der Waals surface area contributed by atoms with Crippen molar-refractivity contribution in [3.05, 3.63) is 0 Å². The van der Waals surface area contributed by atoms with Crippen LogP contribution in [0.3, 0.4) is 0 Å². The topological polar surface area (TPSA) is 45.3 Å². The number of ether oxygens (including phenoxy) is 1. The molecule has 266 valence electrons. The molecule has 11 atom stereocenters. The van der Waals surface area contributed by atoms with Crippen molar-refractivity contribution in [1.82, 2.24) is 16.0 Å². The van der Waals surface area contributed by atoms with Crippen molar-refractivity contribution in [3.63, 3.8) is 0 Å². The van der Waals surface area contributed by atoms with Gasteiger partial charge in [0.25, 0.3) is 0 Å². The van der Waals surface area contributed by atoms with E-state index in [1.807, 2.05) is 0 Å². The minimum absolute atomic E-state index is 0.467. The first-order chi connectivity index (χ1) is 23.3. The first kappa shape index (κ1) is 32.7. The van der Waals surface area contributed by atoms with E-state index in [-0.39, 0.29) is 0 Å². The number of nitrogens with one attached hydrogen (secondary N) is 3. The molecule has 7 aliphatic carbocycles. The zero-order chi connectivity index (χ0) is 31.2. The van der Waals surface area contributed by atoms with Crippen molar-refractivity contribution in [2.45, 2.75) is 204 Å². The van der Waals surface area contributed by atoms with Crippen LogP contribution in [-0.2, 0) is 4.74 Å². The van der Waals surface area contributed by atoms with Gasteiger partial charge in [-0.05, 0) is 142 Å². The predicted octanol–water partition coefficient (Wildman–Crippen LogP) is 9.92. The first-order valence-electron chi connectivity index (χ1n) is 22.2. The number of hydrogen-bond acceptors (Lipinski definition) is 4. The summed E-state index contributed by atoms with van der Waals surface area (Å²) in [6, 6.07) is 0. The molecule has 0 spiro atoms. The Kier molecular flexibility index (Phi) is 10.3.